The number of nitrogens with zero attached hydrogens (tertiary/aromatic N) is 2. The van der Waals surface area contributed by atoms with E-state index in [0.29, 0.717) is 18.0 Å². The fourth-order valence-corrected chi connectivity index (χ4v) is 3.37. The van der Waals surface area contributed by atoms with Crippen LogP contribution in [0.25, 0.3) is 11.3 Å². The van der Waals surface area contributed by atoms with Crippen molar-refractivity contribution in [2.45, 2.75) is 52.5 Å². The average molecular weight is 370 g/mol. The second-order valence-electron chi connectivity index (χ2n) is 6.98. The smallest absolute Gasteiger partial charge is 0.290 e. The molecule has 144 valence electrons. The molecule has 0 bridgehead atoms. The summed E-state index contributed by atoms with van der Waals surface area (Å²) in [5, 5.41) is 7.17. The van der Waals surface area contributed by atoms with Gasteiger partial charge in [0.2, 0.25) is 5.91 Å². The second-order valence-corrected chi connectivity index (χ2v) is 6.98. The van der Waals surface area contributed by atoms with Gasteiger partial charge in [0, 0.05) is 12.1 Å². The van der Waals surface area contributed by atoms with Gasteiger partial charge in [-0.25, -0.2) is 4.68 Å². The molecule has 0 fully saturated rings. The lowest BCUT2D eigenvalue weighted by atomic mass is 9.97. The molecule has 0 radical (unpaired) electrons. The molecule has 2 aromatic heterocycles. The van der Waals surface area contributed by atoms with Crippen LogP contribution in [-0.2, 0) is 11.3 Å². The molecule has 0 atom stereocenters. The monoisotopic (exact) mass is 370 g/mol. The number of carbonyl (C=O) groups excluding carboxylic acids is 1. The SMILES string of the molecule is Cc1cc(-c2cc(N)c(=O)n(CC(=O)NCCC3=CCCCC3)n2)c(C)o1. The highest BCUT2D eigenvalue weighted by Crippen LogP contribution is 2.25. The lowest BCUT2D eigenvalue weighted by Gasteiger charge is -2.13. The molecule has 7 nitrogen and oxygen atoms in total. The lowest BCUT2D eigenvalue weighted by Crippen LogP contribution is -2.35. The highest BCUT2D eigenvalue weighted by Gasteiger charge is 2.15. The Bertz CT molecular complexity index is 924. The predicted molar refractivity (Wildman–Crippen MR) is 104 cm³/mol. The Morgan fingerprint density at radius 3 is 2.81 bits per heavy atom. The molecule has 0 spiro atoms. The summed E-state index contributed by atoms with van der Waals surface area (Å²) in [6.07, 6.45) is 7.82. The highest BCUT2D eigenvalue weighted by atomic mass is 16.3. The van der Waals surface area contributed by atoms with Crippen LogP contribution >= 0.6 is 0 Å². The van der Waals surface area contributed by atoms with E-state index in [-0.39, 0.29) is 18.1 Å². The maximum absolute atomic E-state index is 12.3. The first-order chi connectivity index (χ1) is 12.9. The second kappa shape index (κ2) is 8.24. The molecule has 3 N–H and O–H groups in total. The summed E-state index contributed by atoms with van der Waals surface area (Å²) in [7, 11) is 0. The van der Waals surface area contributed by atoms with Gasteiger partial charge in [0.25, 0.3) is 5.56 Å². The van der Waals surface area contributed by atoms with E-state index in [4.69, 9.17) is 10.2 Å². The van der Waals surface area contributed by atoms with Crippen LogP contribution in [0.1, 0.15) is 43.6 Å². The molecular weight excluding hydrogens is 344 g/mol. The third-order valence-electron chi connectivity index (χ3n) is 4.77. The molecule has 1 aliphatic rings. The number of furan rings is 1. The zero-order chi connectivity index (χ0) is 19.4. The first kappa shape index (κ1) is 18.9. The zero-order valence-electron chi connectivity index (χ0n) is 15.9. The minimum Gasteiger partial charge on any atom is -0.466 e. The molecule has 0 saturated carbocycles. The van der Waals surface area contributed by atoms with Crippen molar-refractivity contribution in [3.8, 4) is 11.3 Å². The fraction of sp³-hybridized carbons (Fsp3) is 0.450. The van der Waals surface area contributed by atoms with Gasteiger partial charge in [-0.1, -0.05) is 11.6 Å². The summed E-state index contributed by atoms with van der Waals surface area (Å²) in [5.74, 6) is 1.18. The maximum Gasteiger partial charge on any atom is 0.290 e. The summed E-state index contributed by atoms with van der Waals surface area (Å²) < 4.78 is 6.63. The summed E-state index contributed by atoms with van der Waals surface area (Å²) in [6.45, 7) is 4.06. The van der Waals surface area contributed by atoms with E-state index in [1.165, 1.54) is 24.5 Å². The zero-order valence-corrected chi connectivity index (χ0v) is 15.9. The number of allylic oxidation sites excluding steroid dienone is 1. The van der Waals surface area contributed by atoms with E-state index in [2.05, 4.69) is 16.5 Å². The van der Waals surface area contributed by atoms with Gasteiger partial charge in [0.15, 0.2) is 0 Å². The van der Waals surface area contributed by atoms with Gasteiger partial charge in [-0.2, -0.15) is 5.10 Å². The summed E-state index contributed by atoms with van der Waals surface area (Å²) in [5.41, 5.74) is 8.10. The molecule has 1 aliphatic carbocycles. The van der Waals surface area contributed by atoms with E-state index in [1.807, 2.05) is 19.9 Å². The molecule has 7 heteroatoms. The van der Waals surface area contributed by atoms with Crippen molar-refractivity contribution >= 4 is 11.6 Å². The normalized spacial score (nSPS) is 14.1. The van der Waals surface area contributed by atoms with Crippen molar-refractivity contribution in [1.82, 2.24) is 15.1 Å². The third-order valence-corrected chi connectivity index (χ3v) is 4.77. The molecule has 0 unspecified atom stereocenters. The number of rotatable bonds is 6. The molecule has 2 heterocycles. The minimum atomic E-state index is -0.471. The first-order valence-electron chi connectivity index (χ1n) is 9.33. The van der Waals surface area contributed by atoms with Crippen molar-refractivity contribution in [3.63, 3.8) is 0 Å². The summed E-state index contributed by atoms with van der Waals surface area (Å²) in [4.78, 5) is 24.5. The van der Waals surface area contributed by atoms with Gasteiger partial charge < -0.3 is 15.5 Å². The van der Waals surface area contributed by atoms with Crippen LogP contribution in [0, 0.1) is 13.8 Å². The van der Waals surface area contributed by atoms with E-state index >= 15 is 0 Å². The molecule has 3 rings (SSSR count). The number of aryl methyl sites for hydroxylation is 2. The van der Waals surface area contributed by atoms with Crippen LogP contribution in [0.4, 0.5) is 5.69 Å². The van der Waals surface area contributed by atoms with Crippen molar-refractivity contribution in [1.29, 1.82) is 0 Å². The van der Waals surface area contributed by atoms with Gasteiger partial charge in [-0.05, 0) is 58.1 Å². The van der Waals surface area contributed by atoms with Crippen LogP contribution in [0.15, 0.2) is 33.0 Å². The number of nitrogens with one attached hydrogen (secondary N) is 1. The number of hydrogen-bond acceptors (Lipinski definition) is 5. The number of carbonyl (C=O) groups is 1. The molecule has 1 amide bonds. The standard InChI is InChI=1S/C20H26N4O3/c1-13-10-16(14(2)27-13)18-11-17(21)20(26)24(23-18)12-19(25)22-9-8-15-6-4-3-5-7-15/h6,10-11H,3-5,7-9,12,21H2,1-2H3,(H,22,25). The van der Waals surface area contributed by atoms with E-state index < -0.39 is 5.56 Å². The quantitative estimate of drug-likeness (QED) is 0.761. The van der Waals surface area contributed by atoms with Crippen LogP contribution in [-0.4, -0.2) is 22.2 Å². The molecule has 0 aliphatic heterocycles. The molecule has 2 aromatic rings. The molecule has 0 aromatic carbocycles. The Kier molecular flexibility index (Phi) is 5.78. The van der Waals surface area contributed by atoms with Crippen molar-refractivity contribution in [2.75, 3.05) is 12.3 Å². The number of aromatic nitrogens is 2. The Balaban J connectivity index is 1.68. The van der Waals surface area contributed by atoms with Crippen molar-refractivity contribution < 1.29 is 9.21 Å². The molecule has 27 heavy (non-hydrogen) atoms. The number of nitrogens with two attached hydrogens (primary N) is 1. The molecule has 0 saturated heterocycles. The van der Waals surface area contributed by atoms with E-state index in [0.717, 1.165) is 35.3 Å². The summed E-state index contributed by atoms with van der Waals surface area (Å²) in [6, 6.07) is 3.35. The number of amides is 1. The Morgan fingerprint density at radius 2 is 2.15 bits per heavy atom. The van der Waals surface area contributed by atoms with Gasteiger partial charge in [-0.15, -0.1) is 0 Å². The Labute approximate surface area is 158 Å². The maximum atomic E-state index is 12.3. The fourth-order valence-electron chi connectivity index (χ4n) is 3.37. The van der Waals surface area contributed by atoms with Gasteiger partial charge in [0.05, 0.1) is 5.69 Å². The average Bonchev–Trinajstić information content (AvgIpc) is 2.98. The van der Waals surface area contributed by atoms with E-state index in [1.54, 1.807) is 0 Å². The Hall–Kier alpha value is -2.83. The van der Waals surface area contributed by atoms with Crippen LogP contribution in [0.3, 0.4) is 0 Å². The van der Waals surface area contributed by atoms with Crippen molar-refractivity contribution in [3.05, 3.63) is 45.7 Å². The van der Waals surface area contributed by atoms with E-state index in [9.17, 15) is 9.59 Å². The van der Waals surface area contributed by atoms with Gasteiger partial charge in [-0.3, -0.25) is 9.59 Å². The number of nitrogen functional groups attached to an aromatic ring is 1. The molecular formula is C20H26N4O3. The number of anilines is 1. The summed E-state index contributed by atoms with van der Waals surface area (Å²) >= 11 is 0. The largest absolute Gasteiger partial charge is 0.466 e. The van der Waals surface area contributed by atoms with Crippen LogP contribution < -0.4 is 16.6 Å². The first-order valence-corrected chi connectivity index (χ1v) is 9.33. The van der Waals surface area contributed by atoms with Crippen molar-refractivity contribution in [2.24, 2.45) is 0 Å². The van der Waals surface area contributed by atoms with Gasteiger partial charge in [0.1, 0.15) is 23.8 Å². The van der Waals surface area contributed by atoms with Crippen LogP contribution in [0.5, 0.6) is 0 Å². The predicted octanol–water partition coefficient (Wildman–Crippen LogP) is 2.71. The lowest BCUT2D eigenvalue weighted by molar-refractivity contribution is -0.121. The number of hydrogen-bond donors (Lipinski definition) is 2. The minimum absolute atomic E-state index is 0.0541. The topological polar surface area (TPSA) is 103 Å². The Morgan fingerprint density at radius 1 is 1.33 bits per heavy atom. The van der Waals surface area contributed by atoms with Gasteiger partial charge >= 0.3 is 0 Å². The third kappa shape index (κ3) is 4.67. The highest BCUT2D eigenvalue weighted by molar-refractivity contribution is 5.75. The van der Waals surface area contributed by atoms with Crippen LogP contribution in [0.2, 0.25) is 0 Å².